The minimum absolute atomic E-state index is 0.217. The Balaban J connectivity index is 3.80. The molecule has 0 radical (unpaired) electrons. The van der Waals surface area contributed by atoms with Crippen molar-refractivity contribution in [2.75, 3.05) is 33.0 Å². The average Bonchev–Trinajstić information content (AvgIpc) is 3.22. The second-order valence-electron chi connectivity index (χ2n) is 15.9. The summed E-state index contributed by atoms with van der Waals surface area (Å²) in [6.07, 6.45) is 34.7. The first-order valence-corrected chi connectivity index (χ1v) is 25.3. The quantitative estimate of drug-likeness (QED) is 0.0369. The molecule has 1 aromatic rings. The molecule has 0 aliphatic carbocycles. The van der Waals surface area contributed by atoms with Crippen LogP contribution in [0.2, 0.25) is 0 Å². The molecule has 0 spiro atoms. The lowest BCUT2D eigenvalue weighted by Crippen LogP contribution is -2.19. The number of ether oxygens (including phenoxy) is 5. The fourth-order valence-electron chi connectivity index (χ4n) is 6.95. The Morgan fingerprint density at radius 1 is 0.386 bits per heavy atom. The molecule has 0 saturated carbocycles. The van der Waals surface area contributed by atoms with Crippen LogP contribution >= 0.6 is 7.80 Å². The molecule has 1 aromatic carbocycles. The number of hydrogen-bond acceptors (Lipinski definition) is 7. The first kappa shape index (κ1) is 52.7. The van der Waals surface area contributed by atoms with E-state index in [0.29, 0.717) is 61.8 Å². The molecule has 330 valence electrons. The van der Waals surface area contributed by atoms with Crippen molar-refractivity contribution in [3.8, 4) is 28.7 Å². The van der Waals surface area contributed by atoms with Gasteiger partial charge in [-0.05, 0) is 32.1 Å². The summed E-state index contributed by atoms with van der Waals surface area (Å²) in [5.74, 6) is 1.83. The van der Waals surface area contributed by atoms with Gasteiger partial charge in [-0.25, -0.2) is 4.79 Å². The Morgan fingerprint density at radius 2 is 0.596 bits per heavy atom. The number of carbonyl (C=O) groups is 1. The zero-order valence-corrected chi connectivity index (χ0v) is 38.7. The molecule has 1 unspecified atom stereocenters. The van der Waals surface area contributed by atoms with Gasteiger partial charge >= 0.3 is 13.3 Å². The summed E-state index contributed by atoms with van der Waals surface area (Å²) in [6.45, 7) is 17.1. The van der Waals surface area contributed by atoms with Crippen LogP contribution in [0.4, 0.5) is 0 Å². The van der Waals surface area contributed by atoms with E-state index in [0.717, 1.165) is 96.0 Å². The van der Waals surface area contributed by atoms with Crippen LogP contribution in [0.25, 0.3) is 0 Å². The summed E-state index contributed by atoms with van der Waals surface area (Å²) in [6, 6.07) is 0. The first-order valence-electron chi connectivity index (χ1n) is 24.0. The monoisotopic (exact) mass is 820 g/mol. The van der Waals surface area contributed by atoms with Crippen molar-refractivity contribution in [2.24, 2.45) is 0 Å². The number of hydrogen-bond donors (Lipinski definition) is 0. The van der Waals surface area contributed by atoms with Gasteiger partial charge in [-0.2, -0.15) is 0 Å². The van der Waals surface area contributed by atoms with Gasteiger partial charge in [-0.15, -0.1) is 0 Å². The molecular formula is C49H88O7P+. The molecule has 0 heterocycles. The molecular weight excluding hydrogens is 732 g/mol. The van der Waals surface area contributed by atoms with E-state index in [4.69, 9.17) is 23.7 Å². The lowest BCUT2D eigenvalue weighted by molar-refractivity contribution is -0.107. The Hall–Kier alpha value is -2.27. The molecule has 1 atom stereocenters. The van der Waals surface area contributed by atoms with Crippen LogP contribution in [-0.2, 0) is 9.36 Å². The standard InChI is InChI=1S/C49H88O7P/c1-7-13-18-23-28-33-38-52-44-45(53-39-34-29-24-19-14-8-2)47(55-41-36-31-26-21-16-10-4)49(57(51)43(50)12-6)48(56-42-37-32-27-22-17-11-5)46(44)54-40-35-30-25-20-15-9-3/h12H,6-11,13-42H2,1-5H3/q+1. The van der Waals surface area contributed by atoms with Gasteiger partial charge < -0.3 is 23.7 Å². The van der Waals surface area contributed by atoms with E-state index >= 15 is 0 Å². The molecule has 7 nitrogen and oxygen atoms in total. The highest BCUT2D eigenvalue weighted by Gasteiger charge is 2.44. The SMILES string of the molecule is C=CC(=O)[P+](=O)c1c(OCCCCCCCC)c(OCCCCCCCC)c(OCCCCCCCC)c(OCCCCCCCC)c1OCCCCCCCC. The normalized spacial score (nSPS) is 11.4. The van der Waals surface area contributed by atoms with E-state index in [1.54, 1.807) is 0 Å². The van der Waals surface area contributed by atoms with Crippen LogP contribution in [0.3, 0.4) is 0 Å². The summed E-state index contributed by atoms with van der Waals surface area (Å²) < 4.78 is 47.8. The molecule has 0 saturated heterocycles. The maximum Gasteiger partial charge on any atom is 0.466 e. The summed E-state index contributed by atoms with van der Waals surface area (Å²) in [5.41, 5.74) is -0.566. The lowest BCUT2D eigenvalue weighted by atomic mass is 10.1. The number of allylic oxidation sites excluding steroid dienone is 1. The maximum atomic E-state index is 14.4. The zero-order valence-electron chi connectivity index (χ0n) is 37.8. The van der Waals surface area contributed by atoms with E-state index < -0.39 is 13.3 Å². The Bertz CT molecular complexity index is 1090. The molecule has 0 N–H and O–H groups in total. The summed E-state index contributed by atoms with van der Waals surface area (Å²) in [5, 5.41) is 0.217. The predicted molar refractivity (Wildman–Crippen MR) is 243 cm³/mol. The third kappa shape index (κ3) is 24.4. The topological polar surface area (TPSA) is 80.3 Å². The average molecular weight is 820 g/mol. The van der Waals surface area contributed by atoms with Crippen molar-refractivity contribution in [1.29, 1.82) is 0 Å². The lowest BCUT2D eigenvalue weighted by Gasteiger charge is -2.23. The van der Waals surface area contributed by atoms with Crippen molar-refractivity contribution in [1.82, 2.24) is 0 Å². The molecule has 1 rings (SSSR count). The van der Waals surface area contributed by atoms with E-state index in [2.05, 4.69) is 41.2 Å². The minimum atomic E-state index is -2.64. The van der Waals surface area contributed by atoms with Crippen LogP contribution in [0.1, 0.15) is 227 Å². The van der Waals surface area contributed by atoms with Crippen LogP contribution < -0.4 is 29.0 Å². The molecule has 0 bridgehead atoms. The Kier molecular flexibility index (Phi) is 35.1. The van der Waals surface area contributed by atoms with E-state index in [1.165, 1.54) is 103 Å². The van der Waals surface area contributed by atoms with Gasteiger partial charge in [0.25, 0.3) is 5.30 Å². The summed E-state index contributed by atoms with van der Waals surface area (Å²) in [7, 11) is -2.64. The van der Waals surface area contributed by atoms with Crippen LogP contribution in [0.15, 0.2) is 12.7 Å². The van der Waals surface area contributed by atoms with Gasteiger partial charge in [-0.1, -0.05) is 206 Å². The zero-order chi connectivity index (χ0) is 41.6. The fourth-order valence-corrected chi connectivity index (χ4v) is 8.04. The van der Waals surface area contributed by atoms with Crippen molar-refractivity contribution in [3.63, 3.8) is 0 Å². The Labute approximate surface area is 352 Å². The highest BCUT2D eigenvalue weighted by Crippen LogP contribution is 2.53. The molecule has 0 fully saturated rings. The molecule has 0 aliphatic rings. The molecule has 8 heteroatoms. The van der Waals surface area contributed by atoms with Crippen LogP contribution in [-0.4, -0.2) is 38.6 Å². The second kappa shape index (κ2) is 38.0. The van der Waals surface area contributed by atoms with Crippen molar-refractivity contribution in [2.45, 2.75) is 227 Å². The van der Waals surface area contributed by atoms with Gasteiger partial charge in [0.1, 0.15) is 0 Å². The number of rotatable bonds is 43. The summed E-state index contributed by atoms with van der Waals surface area (Å²) in [4.78, 5) is 13.3. The highest BCUT2D eigenvalue weighted by molar-refractivity contribution is 7.71. The van der Waals surface area contributed by atoms with Gasteiger partial charge in [0.2, 0.25) is 28.7 Å². The van der Waals surface area contributed by atoms with Crippen molar-refractivity contribution in [3.05, 3.63) is 12.7 Å². The van der Waals surface area contributed by atoms with E-state index in [-0.39, 0.29) is 5.30 Å². The number of benzene rings is 1. The van der Waals surface area contributed by atoms with Crippen LogP contribution in [0, 0.1) is 0 Å². The van der Waals surface area contributed by atoms with Gasteiger partial charge in [0, 0.05) is 6.08 Å². The summed E-state index contributed by atoms with van der Waals surface area (Å²) >= 11 is 0. The molecule has 0 aliphatic heterocycles. The van der Waals surface area contributed by atoms with Gasteiger partial charge in [0.05, 0.1) is 33.0 Å². The van der Waals surface area contributed by atoms with Crippen molar-refractivity contribution < 1.29 is 33.0 Å². The third-order valence-electron chi connectivity index (χ3n) is 10.6. The number of carbonyl (C=O) groups excluding carboxylic acids is 1. The largest absolute Gasteiger partial charge is 0.486 e. The van der Waals surface area contributed by atoms with E-state index in [1.807, 2.05) is 0 Å². The second-order valence-corrected chi connectivity index (χ2v) is 17.4. The third-order valence-corrected chi connectivity index (χ3v) is 11.9. The van der Waals surface area contributed by atoms with Gasteiger partial charge in [-0.3, -0.25) is 0 Å². The number of unbranched alkanes of at least 4 members (excludes halogenated alkanes) is 25. The highest BCUT2D eigenvalue weighted by atomic mass is 31.1. The smallest absolute Gasteiger partial charge is 0.466 e. The fraction of sp³-hybridized carbons (Fsp3) is 0.816. The van der Waals surface area contributed by atoms with Crippen molar-refractivity contribution >= 4 is 18.6 Å². The maximum absolute atomic E-state index is 14.4. The molecule has 0 aromatic heterocycles. The molecule has 0 amide bonds. The molecule has 57 heavy (non-hydrogen) atoms. The van der Waals surface area contributed by atoms with E-state index in [9.17, 15) is 9.36 Å². The Morgan fingerprint density at radius 3 is 0.842 bits per heavy atom. The minimum Gasteiger partial charge on any atom is -0.486 e. The first-order chi connectivity index (χ1) is 28.0. The van der Waals surface area contributed by atoms with Gasteiger partial charge in [0.15, 0.2) is 0 Å². The van der Waals surface area contributed by atoms with Crippen LogP contribution in [0.5, 0.6) is 28.7 Å². The predicted octanol–water partition coefficient (Wildman–Crippen LogP) is 15.5.